The largest absolute Gasteiger partial charge is 0.393 e. The molecule has 15 heavy (non-hydrogen) atoms. The Morgan fingerprint density at radius 2 is 2.00 bits per heavy atom. The van der Waals surface area contributed by atoms with Crippen LogP contribution in [0, 0.1) is 0 Å². The fourth-order valence-electron chi connectivity index (χ4n) is 0.940. The highest BCUT2D eigenvalue weighted by Crippen LogP contribution is 2.19. The van der Waals surface area contributed by atoms with E-state index in [1.165, 1.54) is 0 Å². The van der Waals surface area contributed by atoms with Crippen molar-refractivity contribution in [3.8, 4) is 0 Å². The van der Waals surface area contributed by atoms with Gasteiger partial charge in [-0.25, -0.2) is 4.79 Å². The number of alkyl halides is 3. The molecule has 0 radical (unpaired) electrons. The van der Waals surface area contributed by atoms with Gasteiger partial charge in [-0.05, 0) is 0 Å². The van der Waals surface area contributed by atoms with Crippen LogP contribution >= 0.6 is 0 Å². The number of rotatable bonds is 2. The second-order valence-corrected chi connectivity index (χ2v) is 2.90. The van der Waals surface area contributed by atoms with Crippen molar-refractivity contribution >= 4 is 5.69 Å². The molecule has 8 heteroatoms. The van der Waals surface area contributed by atoms with E-state index in [9.17, 15) is 22.8 Å². The molecule has 1 rings (SSSR count). The lowest BCUT2D eigenvalue weighted by Crippen LogP contribution is -2.32. The molecule has 1 heterocycles. The van der Waals surface area contributed by atoms with Crippen LogP contribution in [0.15, 0.2) is 15.8 Å². The molecule has 1 aromatic rings. The molecule has 0 fully saturated rings. The summed E-state index contributed by atoms with van der Waals surface area (Å²) < 4.78 is 36.2. The fourth-order valence-corrected chi connectivity index (χ4v) is 0.940. The standard InChI is InChI=1S/C7H8F3N3O2/c8-7(9,10)1-2-13-3-4(11)5(14)12-6(13)15/h3H,1-2,11H2,(H,12,14,15). The highest BCUT2D eigenvalue weighted by atomic mass is 19.4. The Labute approximate surface area is 81.3 Å². The number of nitrogens with one attached hydrogen (secondary N) is 1. The van der Waals surface area contributed by atoms with Crippen molar-refractivity contribution in [3.05, 3.63) is 27.0 Å². The molecular weight excluding hydrogens is 215 g/mol. The normalized spacial score (nSPS) is 11.7. The monoisotopic (exact) mass is 223 g/mol. The SMILES string of the molecule is Nc1cn(CCC(F)(F)F)c(=O)[nH]c1=O. The van der Waals surface area contributed by atoms with Gasteiger partial charge in [-0.1, -0.05) is 0 Å². The van der Waals surface area contributed by atoms with Gasteiger partial charge in [0.25, 0.3) is 5.56 Å². The van der Waals surface area contributed by atoms with Crippen LogP contribution in [0.1, 0.15) is 6.42 Å². The molecular formula is C7H8F3N3O2. The molecule has 0 saturated heterocycles. The zero-order valence-electron chi connectivity index (χ0n) is 7.47. The number of H-pyrrole nitrogens is 1. The Kier molecular flexibility index (Phi) is 2.87. The molecule has 5 nitrogen and oxygen atoms in total. The van der Waals surface area contributed by atoms with Crippen molar-refractivity contribution in [2.75, 3.05) is 5.73 Å². The zero-order valence-corrected chi connectivity index (χ0v) is 7.47. The Balaban J connectivity index is 2.92. The molecule has 0 atom stereocenters. The molecule has 0 amide bonds. The van der Waals surface area contributed by atoms with E-state index in [0.29, 0.717) is 4.57 Å². The minimum absolute atomic E-state index is 0.295. The smallest absolute Gasteiger partial charge is 0.390 e. The predicted molar refractivity (Wildman–Crippen MR) is 46.4 cm³/mol. The lowest BCUT2D eigenvalue weighted by Gasteiger charge is -2.08. The number of aromatic amines is 1. The quantitative estimate of drug-likeness (QED) is 0.744. The van der Waals surface area contributed by atoms with Crippen molar-refractivity contribution in [3.63, 3.8) is 0 Å². The zero-order chi connectivity index (χ0) is 11.6. The third-order valence-electron chi connectivity index (χ3n) is 1.67. The van der Waals surface area contributed by atoms with Gasteiger partial charge >= 0.3 is 11.9 Å². The minimum atomic E-state index is -4.36. The lowest BCUT2D eigenvalue weighted by molar-refractivity contribution is -0.136. The number of hydrogen-bond acceptors (Lipinski definition) is 3. The van der Waals surface area contributed by atoms with Gasteiger partial charge in [0, 0.05) is 12.7 Å². The molecule has 0 spiro atoms. The number of nitrogens with two attached hydrogens (primary N) is 1. The van der Waals surface area contributed by atoms with Crippen LogP contribution in [0.5, 0.6) is 0 Å². The van der Waals surface area contributed by atoms with Gasteiger partial charge in [0.05, 0.1) is 6.42 Å². The predicted octanol–water partition coefficient (Wildman–Crippen LogP) is 0.0712. The van der Waals surface area contributed by atoms with Gasteiger partial charge in [0.15, 0.2) is 0 Å². The number of nitrogens with zero attached hydrogens (tertiary/aromatic N) is 1. The minimum Gasteiger partial charge on any atom is -0.393 e. The Bertz CT molecular complexity index is 460. The van der Waals surface area contributed by atoms with E-state index in [1.807, 2.05) is 0 Å². The van der Waals surface area contributed by atoms with E-state index in [1.54, 1.807) is 4.98 Å². The van der Waals surface area contributed by atoms with Crippen molar-refractivity contribution < 1.29 is 13.2 Å². The lowest BCUT2D eigenvalue weighted by atomic mass is 10.4. The van der Waals surface area contributed by atoms with Gasteiger partial charge in [0.1, 0.15) is 5.69 Å². The van der Waals surface area contributed by atoms with Crippen molar-refractivity contribution in [1.29, 1.82) is 0 Å². The number of nitrogen functional groups attached to an aromatic ring is 1. The number of aromatic nitrogens is 2. The van der Waals surface area contributed by atoms with E-state index in [4.69, 9.17) is 5.73 Å². The summed E-state index contributed by atoms with van der Waals surface area (Å²) in [5.74, 6) is 0. The van der Waals surface area contributed by atoms with Crippen LogP contribution in [0.2, 0.25) is 0 Å². The third kappa shape index (κ3) is 3.15. The first kappa shape index (κ1) is 11.3. The Morgan fingerprint density at radius 3 is 2.53 bits per heavy atom. The second-order valence-electron chi connectivity index (χ2n) is 2.90. The Hall–Kier alpha value is -1.73. The summed E-state index contributed by atoms with van der Waals surface area (Å²) in [5, 5.41) is 0. The summed E-state index contributed by atoms with van der Waals surface area (Å²) in [4.78, 5) is 23.6. The first-order chi connectivity index (χ1) is 6.79. The first-order valence-corrected chi connectivity index (χ1v) is 3.95. The van der Waals surface area contributed by atoms with Crippen molar-refractivity contribution in [2.45, 2.75) is 19.1 Å². The topological polar surface area (TPSA) is 80.9 Å². The van der Waals surface area contributed by atoms with E-state index < -0.39 is 30.4 Å². The summed E-state index contributed by atoms with van der Waals surface area (Å²) >= 11 is 0. The highest BCUT2D eigenvalue weighted by Gasteiger charge is 2.26. The van der Waals surface area contributed by atoms with Crippen LogP contribution in [-0.2, 0) is 6.54 Å². The van der Waals surface area contributed by atoms with E-state index in [-0.39, 0.29) is 5.69 Å². The molecule has 3 N–H and O–H groups in total. The number of hydrogen-bond donors (Lipinski definition) is 2. The van der Waals surface area contributed by atoms with Crippen LogP contribution in [0.3, 0.4) is 0 Å². The molecule has 0 aliphatic rings. The average molecular weight is 223 g/mol. The van der Waals surface area contributed by atoms with Gasteiger partial charge in [0.2, 0.25) is 0 Å². The molecule has 0 aromatic carbocycles. The summed E-state index contributed by atoms with van der Waals surface area (Å²) in [6.07, 6.45) is -4.62. The van der Waals surface area contributed by atoms with E-state index in [2.05, 4.69) is 0 Å². The van der Waals surface area contributed by atoms with Gasteiger partial charge in [-0.3, -0.25) is 14.3 Å². The number of aryl methyl sites for hydroxylation is 1. The van der Waals surface area contributed by atoms with Gasteiger partial charge < -0.3 is 5.73 Å². The van der Waals surface area contributed by atoms with Crippen molar-refractivity contribution in [2.24, 2.45) is 0 Å². The van der Waals surface area contributed by atoms with Crippen molar-refractivity contribution in [1.82, 2.24) is 9.55 Å². The molecule has 0 unspecified atom stereocenters. The van der Waals surface area contributed by atoms with E-state index in [0.717, 1.165) is 6.20 Å². The molecule has 0 aliphatic heterocycles. The van der Waals surface area contributed by atoms with Gasteiger partial charge in [-0.15, -0.1) is 0 Å². The highest BCUT2D eigenvalue weighted by molar-refractivity contribution is 5.30. The van der Waals surface area contributed by atoms with Crippen LogP contribution in [0.25, 0.3) is 0 Å². The number of anilines is 1. The first-order valence-electron chi connectivity index (χ1n) is 3.95. The fraction of sp³-hybridized carbons (Fsp3) is 0.429. The van der Waals surface area contributed by atoms with Gasteiger partial charge in [-0.2, -0.15) is 13.2 Å². The molecule has 0 saturated carbocycles. The third-order valence-corrected chi connectivity index (χ3v) is 1.67. The molecule has 84 valence electrons. The maximum Gasteiger partial charge on any atom is 0.390 e. The summed E-state index contributed by atoms with van der Waals surface area (Å²) in [6, 6.07) is 0. The Morgan fingerprint density at radius 1 is 1.40 bits per heavy atom. The summed E-state index contributed by atoms with van der Waals surface area (Å²) in [5.41, 5.74) is 3.14. The molecule has 0 bridgehead atoms. The average Bonchev–Trinajstić information content (AvgIpc) is 2.07. The maximum absolute atomic E-state index is 11.8. The van der Waals surface area contributed by atoms with Crippen LogP contribution < -0.4 is 17.0 Å². The maximum atomic E-state index is 11.8. The second kappa shape index (κ2) is 3.79. The molecule has 0 aliphatic carbocycles. The summed E-state index contributed by atoms with van der Waals surface area (Å²) in [6.45, 7) is -0.566. The molecule has 1 aromatic heterocycles. The van der Waals surface area contributed by atoms with Crippen LogP contribution in [0.4, 0.5) is 18.9 Å². The van der Waals surface area contributed by atoms with E-state index >= 15 is 0 Å². The summed E-state index contributed by atoms with van der Waals surface area (Å²) in [7, 11) is 0. The number of halogens is 3. The van der Waals surface area contributed by atoms with Crippen LogP contribution in [-0.4, -0.2) is 15.7 Å².